The monoisotopic (exact) mass is 542 g/mol. The zero-order chi connectivity index (χ0) is 27.3. The Morgan fingerprint density at radius 1 is 1.12 bits per heavy atom. The number of aliphatic hydroxyl groups excluding tert-OH is 1. The van der Waals surface area contributed by atoms with Gasteiger partial charge in [-0.1, -0.05) is 6.07 Å². The fraction of sp³-hybridized carbons (Fsp3) is 0.484. The number of alkyl halides is 1. The molecule has 1 amide bonds. The Kier molecular flexibility index (Phi) is 5.20. The SMILES string of the molecule is Cc1c(-c2cc3ccc(N4CC(F)(CO)C4)cc3n2CC2CC2)nn2cc(C(=O)N3CC4CCC3[C@@H]4N)ccc12. The van der Waals surface area contributed by atoms with Crippen molar-refractivity contribution < 1.29 is 14.3 Å². The molecule has 2 aliphatic carbocycles. The molecule has 2 bridgehead atoms. The third kappa shape index (κ3) is 3.63. The van der Waals surface area contributed by atoms with Crippen LogP contribution in [0, 0.1) is 18.8 Å². The summed E-state index contributed by atoms with van der Waals surface area (Å²) in [6, 6.07) is 12.7. The summed E-state index contributed by atoms with van der Waals surface area (Å²) in [5, 5.41) is 15.5. The number of aromatic nitrogens is 3. The van der Waals surface area contributed by atoms with E-state index in [4.69, 9.17) is 10.8 Å². The van der Waals surface area contributed by atoms with Gasteiger partial charge >= 0.3 is 0 Å². The van der Waals surface area contributed by atoms with Gasteiger partial charge in [0.15, 0.2) is 5.67 Å². The lowest BCUT2D eigenvalue weighted by Gasteiger charge is -2.44. The average molecular weight is 543 g/mol. The molecule has 3 N–H and O–H groups in total. The van der Waals surface area contributed by atoms with E-state index in [2.05, 4.69) is 29.7 Å². The first-order valence-corrected chi connectivity index (χ1v) is 14.6. The normalized spacial score (nSPS) is 25.4. The summed E-state index contributed by atoms with van der Waals surface area (Å²) in [4.78, 5) is 17.4. The number of hydrogen-bond acceptors (Lipinski definition) is 5. The van der Waals surface area contributed by atoms with Gasteiger partial charge in [0, 0.05) is 48.0 Å². The fourth-order valence-corrected chi connectivity index (χ4v) is 7.30. The van der Waals surface area contributed by atoms with E-state index in [1.54, 1.807) is 0 Å². The van der Waals surface area contributed by atoms with Crippen molar-refractivity contribution in [2.75, 3.05) is 31.1 Å². The molecule has 1 aromatic carbocycles. The van der Waals surface area contributed by atoms with Crippen LogP contribution in [0.2, 0.25) is 0 Å². The van der Waals surface area contributed by atoms with E-state index < -0.39 is 12.3 Å². The molecule has 4 fully saturated rings. The summed E-state index contributed by atoms with van der Waals surface area (Å²) < 4.78 is 18.6. The largest absolute Gasteiger partial charge is 0.393 e. The molecule has 8 nitrogen and oxygen atoms in total. The number of benzene rings is 1. The number of nitrogens with two attached hydrogens (primary N) is 1. The van der Waals surface area contributed by atoms with Crippen molar-refractivity contribution in [3.8, 4) is 11.4 Å². The van der Waals surface area contributed by atoms with Gasteiger partial charge in [-0.2, -0.15) is 5.10 Å². The fourth-order valence-electron chi connectivity index (χ4n) is 7.30. The number of aryl methyl sites for hydroxylation is 1. The number of halogens is 1. The molecule has 3 aromatic heterocycles. The first-order chi connectivity index (χ1) is 19.3. The number of carbonyl (C=O) groups is 1. The van der Waals surface area contributed by atoms with Gasteiger partial charge in [-0.25, -0.2) is 8.91 Å². The Morgan fingerprint density at radius 3 is 2.65 bits per heavy atom. The van der Waals surface area contributed by atoms with E-state index in [1.165, 1.54) is 12.8 Å². The number of aliphatic hydroxyl groups is 1. The van der Waals surface area contributed by atoms with Crippen LogP contribution in [0.15, 0.2) is 42.6 Å². The Morgan fingerprint density at radius 2 is 1.95 bits per heavy atom. The lowest BCUT2D eigenvalue weighted by molar-refractivity contribution is 0.0445. The quantitative estimate of drug-likeness (QED) is 0.387. The van der Waals surface area contributed by atoms with Crippen LogP contribution in [0.5, 0.6) is 0 Å². The number of likely N-dealkylation sites (tertiary alicyclic amines) is 1. The second-order valence-corrected chi connectivity index (χ2v) is 12.7. The molecule has 9 heteroatoms. The molecule has 3 atom stereocenters. The van der Waals surface area contributed by atoms with E-state index in [1.807, 2.05) is 38.7 Å². The van der Waals surface area contributed by atoms with Crippen LogP contribution < -0.4 is 10.6 Å². The number of amides is 1. The van der Waals surface area contributed by atoms with Crippen LogP contribution in [0.25, 0.3) is 27.8 Å². The Hall–Kier alpha value is -3.43. The summed E-state index contributed by atoms with van der Waals surface area (Å²) in [5.41, 5.74) is 11.6. The third-order valence-corrected chi connectivity index (χ3v) is 9.90. The van der Waals surface area contributed by atoms with Crippen molar-refractivity contribution in [1.82, 2.24) is 19.1 Å². The van der Waals surface area contributed by atoms with Gasteiger partial charge in [0.05, 0.1) is 42.0 Å². The number of hydrogen-bond donors (Lipinski definition) is 2. The molecule has 2 saturated heterocycles. The summed E-state index contributed by atoms with van der Waals surface area (Å²) in [5.74, 6) is 1.11. The van der Waals surface area contributed by atoms with Crippen molar-refractivity contribution in [3.05, 3.63) is 53.7 Å². The molecule has 0 radical (unpaired) electrons. The van der Waals surface area contributed by atoms with Crippen LogP contribution in [-0.2, 0) is 6.54 Å². The third-order valence-electron chi connectivity index (χ3n) is 9.90. The molecule has 2 aliphatic heterocycles. The number of rotatable bonds is 6. The van der Waals surface area contributed by atoms with Gasteiger partial charge in [0.1, 0.15) is 5.69 Å². The van der Waals surface area contributed by atoms with Gasteiger partial charge in [-0.05, 0) is 74.8 Å². The molecule has 4 aromatic rings. The zero-order valence-corrected chi connectivity index (χ0v) is 22.8. The summed E-state index contributed by atoms with van der Waals surface area (Å²) >= 11 is 0. The van der Waals surface area contributed by atoms with E-state index in [-0.39, 0.29) is 31.1 Å². The minimum absolute atomic E-state index is 0.0409. The summed E-state index contributed by atoms with van der Waals surface area (Å²) in [6.45, 7) is 3.74. The van der Waals surface area contributed by atoms with Crippen LogP contribution >= 0.6 is 0 Å². The highest BCUT2D eigenvalue weighted by Gasteiger charge is 2.47. The van der Waals surface area contributed by atoms with Crippen molar-refractivity contribution in [1.29, 1.82) is 0 Å². The highest BCUT2D eigenvalue weighted by Crippen LogP contribution is 2.40. The predicted octanol–water partition coefficient (Wildman–Crippen LogP) is 3.76. The highest BCUT2D eigenvalue weighted by atomic mass is 19.1. The molecule has 0 spiro atoms. The number of pyridine rings is 1. The maximum absolute atomic E-state index is 14.4. The van der Waals surface area contributed by atoms with Gasteiger partial charge in [0.2, 0.25) is 0 Å². The molecule has 2 saturated carbocycles. The van der Waals surface area contributed by atoms with Crippen LogP contribution in [0.3, 0.4) is 0 Å². The highest BCUT2D eigenvalue weighted by molar-refractivity contribution is 5.95. The standard InChI is InChI=1S/C31H35FN6O2/c1-18-24-8-6-22(30(40)37-13-21-5-9-25(37)28(21)33)14-38(24)34-29(18)27-10-20-4-7-23(35-15-31(32,16-35)17-39)11-26(20)36(27)12-19-2-3-19/h4,6-8,10-11,14,19,21,25,28,39H,2-3,5,9,12-13,15-17,33H2,1H3/t21?,25?,28-/m1/s1. The first kappa shape index (κ1) is 24.4. The lowest BCUT2D eigenvalue weighted by atomic mass is 9.96. The minimum Gasteiger partial charge on any atom is -0.393 e. The van der Waals surface area contributed by atoms with E-state index in [0.717, 1.165) is 65.0 Å². The van der Waals surface area contributed by atoms with Crippen molar-refractivity contribution in [3.63, 3.8) is 0 Å². The predicted molar refractivity (Wildman–Crippen MR) is 152 cm³/mol. The van der Waals surface area contributed by atoms with Crippen LogP contribution in [-0.4, -0.2) is 74.1 Å². The second kappa shape index (κ2) is 8.54. The summed E-state index contributed by atoms with van der Waals surface area (Å²) in [7, 11) is 0. The summed E-state index contributed by atoms with van der Waals surface area (Å²) in [6.07, 6.45) is 6.43. The van der Waals surface area contributed by atoms with Crippen molar-refractivity contribution in [2.45, 2.75) is 56.9 Å². The van der Waals surface area contributed by atoms with Gasteiger partial charge in [0.25, 0.3) is 5.91 Å². The van der Waals surface area contributed by atoms with Gasteiger partial charge in [-0.3, -0.25) is 4.79 Å². The molecular formula is C31H35FN6O2. The molecular weight excluding hydrogens is 507 g/mol. The number of fused-ring (bicyclic) bond motifs is 4. The molecule has 2 unspecified atom stereocenters. The molecule has 40 heavy (non-hydrogen) atoms. The van der Waals surface area contributed by atoms with E-state index in [0.29, 0.717) is 17.4 Å². The number of piperidine rings is 1. The maximum atomic E-state index is 14.4. The molecule has 8 rings (SSSR count). The van der Waals surface area contributed by atoms with E-state index in [9.17, 15) is 14.3 Å². The van der Waals surface area contributed by atoms with Crippen LogP contribution in [0.1, 0.15) is 41.6 Å². The number of anilines is 1. The van der Waals surface area contributed by atoms with Crippen molar-refractivity contribution in [2.24, 2.45) is 17.6 Å². The Bertz CT molecular complexity index is 1670. The smallest absolute Gasteiger partial charge is 0.255 e. The first-order valence-electron chi connectivity index (χ1n) is 14.6. The topological polar surface area (TPSA) is 92.0 Å². The van der Waals surface area contributed by atoms with Crippen molar-refractivity contribution >= 4 is 28.0 Å². The van der Waals surface area contributed by atoms with E-state index >= 15 is 0 Å². The van der Waals surface area contributed by atoms with Gasteiger partial charge < -0.3 is 25.2 Å². The van der Waals surface area contributed by atoms with Gasteiger partial charge in [-0.15, -0.1) is 0 Å². The average Bonchev–Trinajstić information content (AvgIpc) is 3.36. The molecule has 4 aliphatic rings. The second-order valence-electron chi connectivity index (χ2n) is 12.7. The molecule has 5 heterocycles. The number of nitrogens with zero attached hydrogens (tertiary/aromatic N) is 5. The Balaban J connectivity index is 1.16. The zero-order valence-electron chi connectivity index (χ0n) is 22.8. The van der Waals surface area contributed by atoms with Crippen LogP contribution in [0.4, 0.5) is 10.1 Å². The maximum Gasteiger partial charge on any atom is 0.255 e. The number of carbonyl (C=O) groups excluding carboxylic acids is 1. The lowest BCUT2D eigenvalue weighted by Crippen LogP contribution is -2.61. The Labute approximate surface area is 232 Å². The molecule has 208 valence electrons. The minimum atomic E-state index is -1.51.